The zero-order valence-electron chi connectivity index (χ0n) is 4.28. The molecule has 2 N–H and O–H groups in total. The molecule has 0 spiro atoms. The molecule has 0 aromatic rings. The number of aliphatic imine (C=N–C) groups is 1. The molecule has 0 unspecified atom stereocenters. The fourth-order valence-corrected chi connectivity index (χ4v) is 0.373. The summed E-state index contributed by atoms with van der Waals surface area (Å²) in [7, 11) is 0. The second-order valence-corrected chi connectivity index (χ2v) is 1.15. The minimum Gasteiger partial charge on any atom is -0.444 e. The van der Waals surface area contributed by atoms with E-state index >= 15 is 0 Å². The van der Waals surface area contributed by atoms with E-state index in [0.29, 0.717) is 0 Å². The van der Waals surface area contributed by atoms with E-state index in [1.54, 1.807) is 0 Å². The molecule has 0 radical (unpaired) electrons. The zero-order chi connectivity index (χ0) is 6.24. The van der Waals surface area contributed by atoms with Crippen molar-refractivity contribution in [3.05, 3.63) is 10.1 Å². The lowest BCUT2D eigenvalue weighted by atomic mass is 10.7. The molecule has 0 atom stereocenters. The van der Waals surface area contributed by atoms with Gasteiger partial charge in [0.1, 0.15) is 6.54 Å². The van der Waals surface area contributed by atoms with Crippen LogP contribution < -0.4 is 5.32 Å². The highest BCUT2D eigenvalue weighted by atomic mass is 16.6. The molecule has 5 nitrogen and oxygen atoms in total. The monoisotopic (exact) mass is 117 g/mol. The Kier molecular flexibility index (Phi) is 5.30. The molecule has 0 saturated heterocycles. The molecule has 0 aromatic carbocycles. The molecule has 0 aromatic heterocycles. The third-order valence-corrected chi connectivity index (χ3v) is 0.636. The van der Waals surface area contributed by atoms with Crippen LogP contribution >= 0.6 is 0 Å². The minimum atomic E-state index is 1.00. The first-order valence-corrected chi connectivity index (χ1v) is 2.18. The molecule has 1 aliphatic rings. The van der Waals surface area contributed by atoms with Crippen molar-refractivity contribution in [2.45, 2.75) is 0 Å². The predicted molar refractivity (Wildman–Crippen MR) is 29.3 cm³/mol. The standard InChI is InChI=1S/C3H6N2.HNO2/c1-2-5-3-4-1;2-1-3/h3H,1-2H2,(H,4,5);(H,2,3). The van der Waals surface area contributed by atoms with Gasteiger partial charge in [-0.25, -0.2) is 4.99 Å². The van der Waals surface area contributed by atoms with E-state index < -0.39 is 0 Å². The summed E-state index contributed by atoms with van der Waals surface area (Å²) in [4.78, 5) is 11.9. The van der Waals surface area contributed by atoms with Gasteiger partial charge in [0, 0.05) is 0 Å². The van der Waals surface area contributed by atoms with Gasteiger partial charge in [-0.15, -0.1) is 5.34 Å². The summed E-state index contributed by atoms with van der Waals surface area (Å²) in [6.07, 6.45) is 1.86. The molecule has 0 fully saturated rings. The van der Waals surface area contributed by atoms with Gasteiger partial charge in [-0.3, -0.25) is 0 Å². The lowest BCUT2D eigenvalue weighted by Crippen LogP contribution is -2.80. The summed E-state index contributed by atoms with van der Waals surface area (Å²) >= 11 is 0. The molecule has 1 aliphatic heterocycles. The normalized spacial score (nSPS) is 14.5. The number of hydrogen-bond acceptors (Lipinski definition) is 4. The molecule has 5 heteroatoms. The van der Waals surface area contributed by atoms with Crippen LogP contribution in [0.15, 0.2) is 10.3 Å². The van der Waals surface area contributed by atoms with Gasteiger partial charge in [0.05, 0.1) is 6.54 Å². The molecule has 0 bridgehead atoms. The van der Waals surface area contributed by atoms with Crippen molar-refractivity contribution in [3.8, 4) is 0 Å². The molecule has 1 heterocycles. The van der Waals surface area contributed by atoms with E-state index in [4.69, 9.17) is 10.1 Å². The third-order valence-electron chi connectivity index (χ3n) is 0.636. The molecule has 0 aliphatic carbocycles. The summed E-state index contributed by atoms with van der Waals surface area (Å²) in [5.74, 6) is 0. The fourth-order valence-electron chi connectivity index (χ4n) is 0.373. The van der Waals surface area contributed by atoms with E-state index in [1.807, 2.05) is 6.34 Å². The summed E-state index contributed by atoms with van der Waals surface area (Å²) < 4.78 is 0. The van der Waals surface area contributed by atoms with Gasteiger partial charge < -0.3 is 15.4 Å². The highest BCUT2D eigenvalue weighted by Gasteiger charge is 1.88. The van der Waals surface area contributed by atoms with Crippen molar-refractivity contribution in [2.24, 2.45) is 10.3 Å². The SMILES string of the molecule is C1=NCC[NH2+]1.O=N[O-]. The topological polar surface area (TPSA) is 81.5 Å². The predicted octanol–water partition coefficient (Wildman–Crippen LogP) is -1.16. The maximum Gasteiger partial charge on any atom is 0.182 e. The van der Waals surface area contributed by atoms with Crippen molar-refractivity contribution in [1.29, 1.82) is 0 Å². The Labute approximate surface area is 46.4 Å². The molecule has 1 rings (SSSR count). The first-order valence-electron chi connectivity index (χ1n) is 2.18. The van der Waals surface area contributed by atoms with Crippen LogP contribution in [0, 0.1) is 10.1 Å². The molecular weight excluding hydrogens is 110 g/mol. The Bertz CT molecular complexity index is 76.6. The van der Waals surface area contributed by atoms with Crippen molar-refractivity contribution in [2.75, 3.05) is 13.1 Å². The van der Waals surface area contributed by atoms with Crippen molar-refractivity contribution in [1.82, 2.24) is 0 Å². The lowest BCUT2D eigenvalue weighted by Gasteiger charge is -1.68. The van der Waals surface area contributed by atoms with Crippen LogP contribution in [0.5, 0.6) is 0 Å². The van der Waals surface area contributed by atoms with Gasteiger partial charge in [0.2, 0.25) is 0 Å². The van der Waals surface area contributed by atoms with E-state index in [0.717, 1.165) is 18.4 Å². The first-order chi connectivity index (χ1) is 3.91. The Morgan fingerprint density at radius 3 is 2.62 bits per heavy atom. The smallest absolute Gasteiger partial charge is 0.182 e. The Balaban J connectivity index is 0.000000145. The summed E-state index contributed by atoms with van der Waals surface area (Å²) in [5.41, 5.74) is 0. The molecule has 0 saturated carbocycles. The molecule has 46 valence electrons. The van der Waals surface area contributed by atoms with Gasteiger partial charge in [0.15, 0.2) is 6.34 Å². The van der Waals surface area contributed by atoms with Crippen LogP contribution in [0.4, 0.5) is 0 Å². The quantitative estimate of drug-likeness (QED) is 0.321. The van der Waals surface area contributed by atoms with E-state index in [2.05, 4.69) is 10.3 Å². The second-order valence-electron chi connectivity index (χ2n) is 1.15. The van der Waals surface area contributed by atoms with Crippen LogP contribution in [0.2, 0.25) is 0 Å². The van der Waals surface area contributed by atoms with Crippen LogP contribution in [-0.4, -0.2) is 19.4 Å². The van der Waals surface area contributed by atoms with E-state index in [9.17, 15) is 0 Å². The highest BCUT2D eigenvalue weighted by Crippen LogP contribution is 1.59. The molecule has 0 amide bonds. The average molecular weight is 117 g/mol. The Hall–Kier alpha value is -0.970. The largest absolute Gasteiger partial charge is 0.444 e. The van der Waals surface area contributed by atoms with Gasteiger partial charge in [-0.2, -0.15) is 0 Å². The second kappa shape index (κ2) is 6.03. The number of quaternary nitrogens is 1. The van der Waals surface area contributed by atoms with Crippen molar-refractivity contribution in [3.63, 3.8) is 0 Å². The number of nitrogens with zero attached hydrogens (tertiary/aromatic N) is 2. The van der Waals surface area contributed by atoms with Crippen molar-refractivity contribution < 1.29 is 5.32 Å². The van der Waals surface area contributed by atoms with E-state index in [-0.39, 0.29) is 0 Å². The van der Waals surface area contributed by atoms with Crippen LogP contribution in [0.3, 0.4) is 0 Å². The number of nitrogens with two attached hydrogens (primary N) is 1. The number of rotatable bonds is 0. The maximum absolute atomic E-state index is 8.00. The summed E-state index contributed by atoms with van der Waals surface area (Å²) in [5, 5.41) is 11.1. The van der Waals surface area contributed by atoms with Gasteiger partial charge >= 0.3 is 0 Å². The van der Waals surface area contributed by atoms with Crippen LogP contribution in [0.25, 0.3) is 0 Å². The van der Waals surface area contributed by atoms with Crippen LogP contribution in [0.1, 0.15) is 0 Å². The third kappa shape index (κ3) is 5.03. The fraction of sp³-hybridized carbons (Fsp3) is 0.667. The first kappa shape index (κ1) is 7.03. The van der Waals surface area contributed by atoms with E-state index in [1.165, 1.54) is 0 Å². The van der Waals surface area contributed by atoms with Crippen molar-refractivity contribution >= 4 is 6.34 Å². The average Bonchev–Trinajstić information content (AvgIpc) is 2.17. The van der Waals surface area contributed by atoms with Gasteiger partial charge in [-0.1, -0.05) is 0 Å². The summed E-state index contributed by atoms with van der Waals surface area (Å²) in [6.45, 7) is 2.17. The van der Waals surface area contributed by atoms with Gasteiger partial charge in [0.25, 0.3) is 0 Å². The van der Waals surface area contributed by atoms with Crippen LogP contribution in [-0.2, 0) is 0 Å². The minimum absolute atomic E-state index is 1.00. The Morgan fingerprint density at radius 2 is 2.50 bits per heavy atom. The molecular formula is C3H7N3O2. The summed E-state index contributed by atoms with van der Waals surface area (Å²) in [6, 6.07) is 0. The maximum atomic E-state index is 8.00. The lowest BCUT2D eigenvalue weighted by molar-refractivity contribution is -0.518. The zero-order valence-corrected chi connectivity index (χ0v) is 4.28. The molecule has 8 heavy (non-hydrogen) atoms. The van der Waals surface area contributed by atoms with Gasteiger partial charge in [-0.05, 0) is 0 Å². The Morgan fingerprint density at radius 1 is 1.88 bits per heavy atom. The highest BCUT2D eigenvalue weighted by molar-refractivity contribution is 5.42. The number of hydrogen-bond donors (Lipinski definition) is 1.